The molecule has 2 aromatic rings. The molecule has 1 aromatic heterocycles. The Hall–Kier alpha value is -3.40. The summed E-state index contributed by atoms with van der Waals surface area (Å²) in [6.45, 7) is 3.83. The molecular weight excluding hydrogens is 504 g/mol. The highest BCUT2D eigenvalue weighted by Gasteiger charge is 2.29. The van der Waals surface area contributed by atoms with Gasteiger partial charge in [-0.05, 0) is 75.2 Å². The van der Waals surface area contributed by atoms with E-state index in [-0.39, 0.29) is 17.8 Å². The summed E-state index contributed by atoms with van der Waals surface area (Å²) in [6.07, 6.45) is 11.4. The number of piperidine rings is 2. The van der Waals surface area contributed by atoms with Gasteiger partial charge >= 0.3 is 6.03 Å². The predicted octanol–water partition coefficient (Wildman–Crippen LogP) is 4.02. The van der Waals surface area contributed by atoms with Crippen molar-refractivity contribution in [2.75, 3.05) is 57.5 Å². The molecule has 0 radical (unpaired) electrons. The number of urea groups is 1. The van der Waals surface area contributed by atoms with Crippen molar-refractivity contribution in [3.63, 3.8) is 0 Å². The van der Waals surface area contributed by atoms with Crippen LogP contribution in [-0.2, 0) is 0 Å². The quantitative estimate of drug-likeness (QED) is 0.538. The van der Waals surface area contributed by atoms with Crippen molar-refractivity contribution in [3.05, 3.63) is 41.7 Å². The first-order valence-electron chi connectivity index (χ1n) is 14.8. The number of carbonyl (C=O) groups is 2. The maximum atomic E-state index is 12.5. The van der Waals surface area contributed by atoms with Crippen LogP contribution >= 0.6 is 0 Å². The normalized spacial score (nSPS) is 20.9. The largest absolute Gasteiger partial charge is 0.364 e. The minimum Gasteiger partial charge on any atom is -0.364 e. The molecule has 1 aromatic carbocycles. The average Bonchev–Trinajstić information content (AvgIpc) is 3.52. The van der Waals surface area contributed by atoms with E-state index >= 15 is 0 Å². The molecule has 40 heavy (non-hydrogen) atoms. The van der Waals surface area contributed by atoms with Crippen LogP contribution in [0.15, 0.2) is 30.5 Å². The number of aromatic nitrogens is 2. The average molecular weight is 549 g/mol. The summed E-state index contributed by atoms with van der Waals surface area (Å²) in [5.41, 5.74) is 7.97. The number of likely N-dealkylation sites (N-methyl/N-ethyl adjacent to an activating group) is 1. The van der Waals surface area contributed by atoms with Crippen molar-refractivity contribution in [2.24, 2.45) is 5.73 Å². The van der Waals surface area contributed by atoms with Crippen LogP contribution in [0.5, 0.6) is 0 Å². The Morgan fingerprint density at radius 1 is 0.950 bits per heavy atom. The fourth-order valence-electron chi connectivity index (χ4n) is 6.59. The van der Waals surface area contributed by atoms with E-state index in [2.05, 4.69) is 44.4 Å². The Balaban J connectivity index is 1.25. The molecule has 3 N–H and O–H groups in total. The molecule has 2 aliphatic heterocycles. The van der Waals surface area contributed by atoms with E-state index in [1.807, 2.05) is 7.05 Å². The zero-order valence-electron chi connectivity index (χ0n) is 24.2. The molecule has 0 bridgehead atoms. The number of hydrogen-bond donors (Lipinski definition) is 2. The van der Waals surface area contributed by atoms with Crippen molar-refractivity contribution >= 4 is 29.3 Å². The molecule has 3 amide bonds. The van der Waals surface area contributed by atoms with Gasteiger partial charge in [0.1, 0.15) is 5.82 Å². The Kier molecular flexibility index (Phi) is 8.73. The molecule has 1 unspecified atom stereocenters. The Labute approximate surface area is 237 Å². The summed E-state index contributed by atoms with van der Waals surface area (Å²) in [7, 11) is 5.36. The lowest BCUT2D eigenvalue weighted by molar-refractivity contribution is 0.0996. The molecule has 10 nitrogen and oxygen atoms in total. The number of likely N-dealkylation sites (tertiary alicyclic amines) is 1. The second-order valence-electron chi connectivity index (χ2n) is 11.8. The lowest BCUT2D eigenvalue weighted by atomic mass is 9.88. The number of hydrogen-bond acceptors (Lipinski definition) is 7. The SMILES string of the molecule is CN(C)C(=O)N(C)C1CCCN(c2cnc(C(N)=O)c(Nc3ccc(C4CCN(C5CCCC5)CC4)cc3)n2)C1. The van der Waals surface area contributed by atoms with Crippen LogP contribution in [-0.4, -0.2) is 96.0 Å². The van der Waals surface area contributed by atoms with Gasteiger partial charge < -0.3 is 30.7 Å². The molecule has 3 aliphatic rings. The molecule has 3 heterocycles. The van der Waals surface area contributed by atoms with Crippen molar-refractivity contribution in [2.45, 2.75) is 69.4 Å². The van der Waals surface area contributed by atoms with Crippen molar-refractivity contribution in [1.29, 1.82) is 0 Å². The second-order valence-corrected chi connectivity index (χ2v) is 11.8. The Bertz CT molecular complexity index is 1170. The third kappa shape index (κ3) is 6.32. The molecular formula is C30H44N8O2. The first-order valence-corrected chi connectivity index (χ1v) is 14.8. The van der Waals surface area contributed by atoms with E-state index in [9.17, 15) is 9.59 Å². The standard InChI is InChI=1S/C30H44N8O2/c1-35(2)30(40)36(3)25-9-6-16-38(20-25)26-19-32-27(28(31)39)29(34-26)33-23-12-10-21(11-13-23)22-14-17-37(18-15-22)24-7-4-5-8-24/h10-13,19,22,24-25H,4-9,14-18,20H2,1-3H3,(H2,31,39)(H,33,34). The number of nitrogens with zero attached hydrogens (tertiary/aromatic N) is 6. The second kappa shape index (κ2) is 12.4. The molecule has 1 saturated carbocycles. The van der Waals surface area contributed by atoms with Gasteiger partial charge in [-0.25, -0.2) is 14.8 Å². The lowest BCUT2D eigenvalue weighted by Crippen LogP contribution is -2.51. The van der Waals surface area contributed by atoms with Crippen molar-refractivity contribution in [1.82, 2.24) is 24.7 Å². The molecule has 0 spiro atoms. The monoisotopic (exact) mass is 548 g/mol. The number of nitrogens with two attached hydrogens (primary N) is 1. The van der Waals surface area contributed by atoms with Gasteiger partial charge in [0.15, 0.2) is 11.5 Å². The van der Waals surface area contributed by atoms with Gasteiger partial charge in [-0.3, -0.25) is 4.79 Å². The maximum absolute atomic E-state index is 12.5. The van der Waals surface area contributed by atoms with E-state index in [1.54, 1.807) is 30.1 Å². The summed E-state index contributed by atoms with van der Waals surface area (Å²) in [6, 6.07) is 9.33. The van der Waals surface area contributed by atoms with Crippen LogP contribution in [0.3, 0.4) is 0 Å². The molecule has 3 fully saturated rings. The number of amides is 3. The minimum atomic E-state index is -0.625. The van der Waals surface area contributed by atoms with Gasteiger partial charge in [0.2, 0.25) is 0 Å². The van der Waals surface area contributed by atoms with Gasteiger partial charge in [-0.1, -0.05) is 25.0 Å². The summed E-state index contributed by atoms with van der Waals surface area (Å²) >= 11 is 0. The maximum Gasteiger partial charge on any atom is 0.319 e. The van der Waals surface area contributed by atoms with Gasteiger partial charge in [0.25, 0.3) is 5.91 Å². The number of benzene rings is 1. The van der Waals surface area contributed by atoms with Gasteiger partial charge in [0.05, 0.1) is 12.2 Å². The first kappa shape index (κ1) is 28.1. The lowest BCUT2D eigenvalue weighted by Gasteiger charge is -2.39. The van der Waals surface area contributed by atoms with E-state index < -0.39 is 5.91 Å². The van der Waals surface area contributed by atoms with E-state index in [1.165, 1.54) is 57.2 Å². The highest BCUT2D eigenvalue weighted by atomic mass is 16.2. The summed E-state index contributed by atoms with van der Waals surface area (Å²) in [4.78, 5) is 42.0. The number of nitrogens with one attached hydrogen (secondary N) is 1. The molecule has 1 atom stereocenters. The Morgan fingerprint density at radius 2 is 1.65 bits per heavy atom. The highest BCUT2D eigenvalue weighted by molar-refractivity contribution is 5.96. The minimum absolute atomic E-state index is 0.0211. The van der Waals surface area contributed by atoms with Crippen LogP contribution in [0.25, 0.3) is 0 Å². The molecule has 10 heteroatoms. The Morgan fingerprint density at radius 3 is 2.30 bits per heavy atom. The topological polar surface area (TPSA) is 111 Å². The van der Waals surface area contributed by atoms with Gasteiger partial charge in [-0.15, -0.1) is 0 Å². The van der Waals surface area contributed by atoms with E-state index in [0.29, 0.717) is 24.1 Å². The van der Waals surface area contributed by atoms with E-state index in [4.69, 9.17) is 10.7 Å². The number of carbonyl (C=O) groups excluding carboxylic acids is 2. The summed E-state index contributed by atoms with van der Waals surface area (Å²) < 4.78 is 0. The number of primary amides is 1. The van der Waals surface area contributed by atoms with Crippen molar-refractivity contribution < 1.29 is 9.59 Å². The van der Waals surface area contributed by atoms with Crippen LogP contribution in [0.1, 0.15) is 73.3 Å². The fraction of sp³-hybridized carbons (Fsp3) is 0.600. The number of anilines is 3. The zero-order valence-corrected chi connectivity index (χ0v) is 24.2. The predicted molar refractivity (Wildman–Crippen MR) is 158 cm³/mol. The summed E-state index contributed by atoms with van der Waals surface area (Å²) in [5, 5.41) is 3.29. The van der Waals surface area contributed by atoms with Gasteiger partial charge in [0, 0.05) is 46.0 Å². The third-order valence-electron chi connectivity index (χ3n) is 8.96. The molecule has 5 rings (SSSR count). The molecule has 2 saturated heterocycles. The summed E-state index contributed by atoms with van der Waals surface area (Å²) in [5.74, 6) is 0.969. The van der Waals surface area contributed by atoms with Gasteiger partial charge in [-0.2, -0.15) is 0 Å². The van der Waals surface area contributed by atoms with Crippen LogP contribution in [0.2, 0.25) is 0 Å². The third-order valence-corrected chi connectivity index (χ3v) is 8.96. The van der Waals surface area contributed by atoms with Crippen LogP contribution in [0, 0.1) is 0 Å². The fourth-order valence-corrected chi connectivity index (χ4v) is 6.59. The molecule has 1 aliphatic carbocycles. The van der Waals surface area contributed by atoms with Crippen LogP contribution < -0.4 is 16.0 Å². The van der Waals surface area contributed by atoms with E-state index in [0.717, 1.165) is 31.1 Å². The molecule has 216 valence electrons. The first-order chi connectivity index (χ1) is 19.3. The smallest absolute Gasteiger partial charge is 0.319 e. The zero-order chi connectivity index (χ0) is 28.2. The van der Waals surface area contributed by atoms with Crippen LogP contribution in [0.4, 0.5) is 22.1 Å². The highest BCUT2D eigenvalue weighted by Crippen LogP contribution is 2.33. The van der Waals surface area contributed by atoms with Crippen molar-refractivity contribution in [3.8, 4) is 0 Å². The number of rotatable bonds is 7.